The summed E-state index contributed by atoms with van der Waals surface area (Å²) in [4.78, 5) is 50.1. The fourth-order valence-corrected chi connectivity index (χ4v) is 1.70. The number of carboxylic acid groups (broad SMARTS) is 1. The molecule has 2 N–H and O–H groups in total. The van der Waals surface area contributed by atoms with Crippen molar-refractivity contribution < 1.29 is 24.3 Å². The highest BCUT2D eigenvalue weighted by atomic mass is 16.4. The van der Waals surface area contributed by atoms with Crippen molar-refractivity contribution in [1.82, 2.24) is 15.2 Å². The summed E-state index contributed by atoms with van der Waals surface area (Å²) in [6.45, 7) is -0.572. The molecule has 1 saturated heterocycles. The number of hydrogen-bond acceptors (Lipinski definition) is 5. The van der Waals surface area contributed by atoms with Crippen molar-refractivity contribution in [3.8, 4) is 0 Å². The Morgan fingerprint density at radius 3 is 2.42 bits per heavy atom. The Labute approximate surface area is 107 Å². The molecule has 0 aromatic carbocycles. The summed E-state index contributed by atoms with van der Waals surface area (Å²) < 4.78 is 0. The monoisotopic (exact) mass is 263 g/mol. The third kappa shape index (κ3) is 2.57. The molecule has 1 aromatic heterocycles. The average molecular weight is 263 g/mol. The van der Waals surface area contributed by atoms with Gasteiger partial charge < -0.3 is 10.0 Å². The lowest BCUT2D eigenvalue weighted by Gasteiger charge is -2.25. The zero-order valence-electron chi connectivity index (χ0n) is 9.62. The molecule has 0 unspecified atom stereocenters. The predicted molar refractivity (Wildman–Crippen MR) is 60.2 cm³/mol. The van der Waals surface area contributed by atoms with Gasteiger partial charge in [0.25, 0.3) is 5.91 Å². The Bertz CT molecular complexity index is 567. The molecule has 19 heavy (non-hydrogen) atoms. The van der Waals surface area contributed by atoms with Crippen LogP contribution in [0.3, 0.4) is 0 Å². The van der Waals surface area contributed by atoms with Gasteiger partial charge in [0.05, 0.1) is 11.1 Å². The minimum atomic E-state index is -1.30. The second kappa shape index (κ2) is 4.84. The molecule has 2 heterocycles. The number of carbonyl (C=O) groups is 4. The van der Waals surface area contributed by atoms with Gasteiger partial charge in [-0.1, -0.05) is 0 Å². The Morgan fingerprint density at radius 2 is 1.84 bits per heavy atom. The largest absolute Gasteiger partial charge is 0.478 e. The summed E-state index contributed by atoms with van der Waals surface area (Å²) in [6, 6.07) is 1.24. The Balaban J connectivity index is 2.32. The van der Waals surface area contributed by atoms with Crippen LogP contribution in [-0.2, 0) is 9.59 Å². The Hall–Kier alpha value is -2.77. The van der Waals surface area contributed by atoms with Gasteiger partial charge in [-0.3, -0.25) is 24.7 Å². The van der Waals surface area contributed by atoms with Crippen molar-refractivity contribution in [2.75, 3.05) is 13.1 Å². The summed E-state index contributed by atoms with van der Waals surface area (Å²) in [6.07, 6.45) is 2.31. The molecule has 0 spiro atoms. The molecular formula is C11H9N3O5. The van der Waals surface area contributed by atoms with Gasteiger partial charge in [0.1, 0.15) is 13.1 Å². The molecule has 2 rings (SSSR count). The molecule has 1 aromatic rings. The first-order valence-corrected chi connectivity index (χ1v) is 5.28. The molecular weight excluding hydrogens is 254 g/mol. The molecule has 0 aliphatic carbocycles. The quantitative estimate of drug-likeness (QED) is 0.653. The van der Waals surface area contributed by atoms with E-state index in [1.807, 2.05) is 0 Å². The molecule has 8 nitrogen and oxygen atoms in total. The van der Waals surface area contributed by atoms with E-state index in [9.17, 15) is 19.2 Å². The van der Waals surface area contributed by atoms with Crippen LogP contribution in [0.5, 0.6) is 0 Å². The fraction of sp³-hybridized carbons (Fsp3) is 0.182. The zero-order valence-corrected chi connectivity index (χ0v) is 9.62. The second-order valence-corrected chi connectivity index (χ2v) is 3.86. The smallest absolute Gasteiger partial charge is 0.338 e. The third-order valence-electron chi connectivity index (χ3n) is 2.52. The molecule has 1 fully saturated rings. The standard InChI is InChI=1S/C11H9N3O5/c15-8-4-14(5-9(16)13-8)10(17)6-1-2-12-3-7(6)11(18)19/h1-3H,4-5H2,(H,18,19)(H,13,15,16). The van der Waals surface area contributed by atoms with E-state index < -0.39 is 23.7 Å². The van der Waals surface area contributed by atoms with E-state index in [1.165, 1.54) is 12.3 Å². The van der Waals surface area contributed by atoms with Gasteiger partial charge >= 0.3 is 5.97 Å². The summed E-state index contributed by atoms with van der Waals surface area (Å²) in [7, 11) is 0. The van der Waals surface area contributed by atoms with Crippen molar-refractivity contribution in [2.24, 2.45) is 0 Å². The lowest BCUT2D eigenvalue weighted by molar-refractivity contribution is -0.135. The van der Waals surface area contributed by atoms with Crippen molar-refractivity contribution in [3.05, 3.63) is 29.6 Å². The molecule has 0 bridgehead atoms. The molecule has 8 heteroatoms. The molecule has 1 aliphatic rings. The number of amides is 3. The van der Waals surface area contributed by atoms with Crippen LogP contribution in [0.15, 0.2) is 18.5 Å². The van der Waals surface area contributed by atoms with Gasteiger partial charge in [0, 0.05) is 12.4 Å². The topological polar surface area (TPSA) is 117 Å². The normalized spacial score (nSPS) is 15.1. The number of nitrogens with one attached hydrogen (secondary N) is 1. The highest BCUT2D eigenvalue weighted by Gasteiger charge is 2.29. The number of rotatable bonds is 2. The molecule has 0 radical (unpaired) electrons. The second-order valence-electron chi connectivity index (χ2n) is 3.86. The maximum Gasteiger partial charge on any atom is 0.338 e. The minimum absolute atomic E-state index is 0.106. The molecule has 0 saturated carbocycles. The molecule has 3 amide bonds. The van der Waals surface area contributed by atoms with Crippen LogP contribution in [0.4, 0.5) is 0 Å². The first-order chi connectivity index (χ1) is 8.99. The number of pyridine rings is 1. The number of nitrogens with zero attached hydrogens (tertiary/aromatic N) is 2. The van der Waals surface area contributed by atoms with Gasteiger partial charge in [0.15, 0.2) is 0 Å². The van der Waals surface area contributed by atoms with Gasteiger partial charge in [-0.15, -0.1) is 0 Å². The first kappa shape index (κ1) is 12.7. The number of aromatic carboxylic acids is 1. The van der Waals surface area contributed by atoms with E-state index >= 15 is 0 Å². The highest BCUT2D eigenvalue weighted by molar-refractivity contribution is 6.09. The molecule has 0 atom stereocenters. The summed E-state index contributed by atoms with van der Waals surface area (Å²) in [5.74, 6) is -3.20. The number of piperazine rings is 1. The number of imide groups is 1. The van der Waals surface area contributed by atoms with E-state index in [-0.39, 0.29) is 24.2 Å². The van der Waals surface area contributed by atoms with E-state index in [4.69, 9.17) is 5.11 Å². The highest BCUT2D eigenvalue weighted by Crippen LogP contribution is 2.11. The maximum absolute atomic E-state index is 12.1. The number of aromatic nitrogens is 1. The number of carboxylic acids is 1. The molecule has 1 aliphatic heterocycles. The van der Waals surface area contributed by atoms with E-state index in [0.717, 1.165) is 11.1 Å². The summed E-state index contributed by atoms with van der Waals surface area (Å²) in [5, 5.41) is 11.0. The van der Waals surface area contributed by atoms with Crippen molar-refractivity contribution in [2.45, 2.75) is 0 Å². The summed E-state index contributed by atoms with van der Waals surface area (Å²) in [5.41, 5.74) is -0.379. The fourth-order valence-electron chi connectivity index (χ4n) is 1.70. The van der Waals surface area contributed by atoms with Crippen molar-refractivity contribution in [1.29, 1.82) is 0 Å². The van der Waals surface area contributed by atoms with Gasteiger partial charge in [-0.2, -0.15) is 0 Å². The van der Waals surface area contributed by atoms with Crippen LogP contribution in [0.1, 0.15) is 20.7 Å². The first-order valence-electron chi connectivity index (χ1n) is 5.28. The van der Waals surface area contributed by atoms with Crippen LogP contribution in [0, 0.1) is 0 Å². The van der Waals surface area contributed by atoms with Crippen molar-refractivity contribution >= 4 is 23.7 Å². The number of hydrogen-bond donors (Lipinski definition) is 2. The van der Waals surface area contributed by atoms with Crippen LogP contribution in [0.2, 0.25) is 0 Å². The lowest BCUT2D eigenvalue weighted by Crippen LogP contribution is -2.53. The van der Waals surface area contributed by atoms with Crippen molar-refractivity contribution in [3.63, 3.8) is 0 Å². The predicted octanol–water partition coefficient (Wildman–Crippen LogP) is -1.12. The third-order valence-corrected chi connectivity index (χ3v) is 2.52. The van der Waals surface area contributed by atoms with E-state index in [2.05, 4.69) is 10.3 Å². The Kier molecular flexibility index (Phi) is 3.23. The SMILES string of the molecule is O=C1CN(C(=O)c2ccncc2C(=O)O)CC(=O)N1. The van der Waals surface area contributed by atoms with Crippen LogP contribution in [0.25, 0.3) is 0 Å². The van der Waals surface area contributed by atoms with Gasteiger partial charge in [0.2, 0.25) is 11.8 Å². The molecule has 98 valence electrons. The van der Waals surface area contributed by atoms with E-state index in [0.29, 0.717) is 0 Å². The average Bonchev–Trinajstić information content (AvgIpc) is 2.36. The van der Waals surface area contributed by atoms with E-state index in [1.54, 1.807) is 0 Å². The zero-order chi connectivity index (χ0) is 14.0. The number of carbonyl (C=O) groups excluding carboxylic acids is 3. The van der Waals surface area contributed by atoms with Gasteiger partial charge in [-0.05, 0) is 6.07 Å². The van der Waals surface area contributed by atoms with Gasteiger partial charge in [-0.25, -0.2) is 4.79 Å². The Morgan fingerprint density at radius 1 is 1.21 bits per heavy atom. The lowest BCUT2D eigenvalue weighted by atomic mass is 10.1. The summed E-state index contributed by atoms with van der Waals surface area (Å²) >= 11 is 0. The van der Waals surface area contributed by atoms with Crippen LogP contribution in [-0.4, -0.2) is 51.8 Å². The van der Waals surface area contributed by atoms with Crippen LogP contribution >= 0.6 is 0 Å². The maximum atomic E-state index is 12.1. The minimum Gasteiger partial charge on any atom is -0.478 e. The van der Waals surface area contributed by atoms with Crippen LogP contribution < -0.4 is 5.32 Å².